The van der Waals surface area contributed by atoms with Crippen LogP contribution in [-0.2, 0) is 4.52 Å². The molecule has 2 nitrogen and oxygen atoms in total. The highest BCUT2D eigenvalue weighted by atomic mass is 31.1. The van der Waals surface area contributed by atoms with E-state index < -0.39 is 8.15 Å². The summed E-state index contributed by atoms with van der Waals surface area (Å²) in [5.74, 6) is 1.14. The molecule has 0 heterocycles. The van der Waals surface area contributed by atoms with Crippen molar-refractivity contribution in [2.24, 2.45) is 11.8 Å². The molecular formula is C24H30NOP. The third-order valence-corrected chi connectivity index (χ3v) is 6.55. The molecule has 0 aromatic heterocycles. The molecule has 2 aromatic carbocycles. The maximum atomic E-state index is 6.56. The molecule has 3 rings (SSSR count). The summed E-state index contributed by atoms with van der Waals surface area (Å²) < 4.78 is 6.56. The van der Waals surface area contributed by atoms with E-state index in [0.717, 1.165) is 19.6 Å². The summed E-state index contributed by atoms with van der Waals surface area (Å²) in [6.45, 7) is 6.26. The molecule has 3 heteroatoms. The lowest BCUT2D eigenvalue weighted by molar-refractivity contribution is 0.266. The Morgan fingerprint density at radius 1 is 0.889 bits per heavy atom. The maximum absolute atomic E-state index is 6.56. The van der Waals surface area contributed by atoms with Gasteiger partial charge in [0, 0.05) is 29.1 Å². The van der Waals surface area contributed by atoms with Crippen molar-refractivity contribution in [3.05, 3.63) is 85.0 Å². The van der Waals surface area contributed by atoms with Crippen LogP contribution in [0.25, 0.3) is 0 Å². The van der Waals surface area contributed by atoms with Gasteiger partial charge in [-0.15, -0.1) is 0 Å². The molecule has 27 heavy (non-hydrogen) atoms. The van der Waals surface area contributed by atoms with Gasteiger partial charge in [-0.3, -0.25) is 0 Å². The summed E-state index contributed by atoms with van der Waals surface area (Å²) in [4.78, 5) is 0. The minimum Gasteiger partial charge on any atom is -0.348 e. The fourth-order valence-electron chi connectivity index (χ4n) is 3.29. The number of hydrogen-bond acceptors (Lipinski definition) is 2. The Morgan fingerprint density at radius 2 is 1.44 bits per heavy atom. The van der Waals surface area contributed by atoms with E-state index >= 15 is 0 Å². The van der Waals surface area contributed by atoms with Crippen molar-refractivity contribution in [2.75, 3.05) is 13.2 Å². The van der Waals surface area contributed by atoms with Gasteiger partial charge in [0.2, 0.25) is 0 Å². The average Bonchev–Trinajstić information content (AvgIpc) is 3.21. The van der Waals surface area contributed by atoms with Crippen LogP contribution < -0.4 is 15.9 Å². The first-order valence-corrected chi connectivity index (χ1v) is 11.1. The summed E-state index contributed by atoms with van der Waals surface area (Å²) in [6.07, 6.45) is 9.88. The number of nitrogens with one attached hydrogen (secondary N) is 1. The maximum Gasteiger partial charge on any atom is 0.0918 e. The molecule has 0 radical (unpaired) electrons. The smallest absolute Gasteiger partial charge is 0.0918 e. The zero-order valence-corrected chi connectivity index (χ0v) is 17.2. The monoisotopic (exact) mass is 379 g/mol. The number of rotatable bonds is 10. The van der Waals surface area contributed by atoms with Gasteiger partial charge < -0.3 is 9.84 Å². The summed E-state index contributed by atoms with van der Waals surface area (Å²) in [6, 6.07) is 21.6. The Hall–Kier alpha value is -1.73. The van der Waals surface area contributed by atoms with Crippen LogP contribution in [0.5, 0.6) is 0 Å². The van der Waals surface area contributed by atoms with Gasteiger partial charge in [0.25, 0.3) is 0 Å². The lowest BCUT2D eigenvalue weighted by Gasteiger charge is -2.25. The van der Waals surface area contributed by atoms with E-state index in [1.807, 2.05) is 0 Å². The second kappa shape index (κ2) is 10.6. The lowest BCUT2D eigenvalue weighted by atomic mass is 10.0. The number of hydrogen-bond donors (Lipinski definition) is 1. The van der Waals surface area contributed by atoms with Crippen LogP contribution in [0.1, 0.15) is 20.3 Å². The fourth-order valence-corrected chi connectivity index (χ4v) is 5.10. The first kappa shape index (κ1) is 20.0. The van der Waals surface area contributed by atoms with E-state index in [4.69, 9.17) is 4.52 Å². The molecule has 0 saturated heterocycles. The molecule has 2 aromatic rings. The molecule has 0 amide bonds. The van der Waals surface area contributed by atoms with Gasteiger partial charge in [0.15, 0.2) is 0 Å². The SMILES string of the molecule is CC(C)C[C@@H](COP(c1ccccc1)c1ccccc1)NCC1C=CC=C1. The van der Waals surface area contributed by atoms with Crippen molar-refractivity contribution < 1.29 is 4.52 Å². The Balaban J connectivity index is 1.67. The zero-order chi connectivity index (χ0) is 18.9. The van der Waals surface area contributed by atoms with E-state index in [2.05, 4.69) is 104 Å². The molecule has 0 spiro atoms. The van der Waals surface area contributed by atoms with Crippen molar-refractivity contribution in [3.8, 4) is 0 Å². The third-order valence-electron chi connectivity index (χ3n) is 4.61. The topological polar surface area (TPSA) is 21.3 Å². The third kappa shape index (κ3) is 6.43. The molecule has 1 aliphatic carbocycles. The first-order valence-electron chi connectivity index (χ1n) is 9.84. The largest absolute Gasteiger partial charge is 0.348 e. The second-order valence-electron chi connectivity index (χ2n) is 7.43. The zero-order valence-electron chi connectivity index (χ0n) is 16.3. The Bertz CT molecular complexity index is 675. The molecule has 142 valence electrons. The minimum absolute atomic E-state index is 0.366. The van der Waals surface area contributed by atoms with Crippen molar-refractivity contribution in [1.29, 1.82) is 0 Å². The summed E-state index contributed by atoms with van der Waals surface area (Å²) in [5, 5.41) is 6.27. The quantitative estimate of drug-likeness (QED) is 0.599. The summed E-state index contributed by atoms with van der Waals surface area (Å²) in [5.41, 5.74) is 0. The molecule has 0 unspecified atom stereocenters. The molecule has 0 bridgehead atoms. The van der Waals surface area contributed by atoms with E-state index in [1.165, 1.54) is 10.6 Å². The highest BCUT2D eigenvalue weighted by Crippen LogP contribution is 2.35. The highest BCUT2D eigenvalue weighted by molar-refractivity contribution is 7.68. The fraction of sp³-hybridized carbons (Fsp3) is 0.333. The molecule has 1 atom stereocenters. The molecule has 1 N–H and O–H groups in total. The minimum atomic E-state index is -0.797. The van der Waals surface area contributed by atoms with Gasteiger partial charge >= 0.3 is 0 Å². The molecule has 0 aliphatic heterocycles. The van der Waals surface area contributed by atoms with Crippen molar-refractivity contribution in [2.45, 2.75) is 26.3 Å². The van der Waals surface area contributed by atoms with E-state index in [0.29, 0.717) is 17.9 Å². The van der Waals surface area contributed by atoms with E-state index in [-0.39, 0.29) is 0 Å². The van der Waals surface area contributed by atoms with Crippen molar-refractivity contribution in [3.63, 3.8) is 0 Å². The Kier molecular flexibility index (Phi) is 7.83. The van der Waals surface area contributed by atoms with Gasteiger partial charge in [-0.2, -0.15) is 0 Å². The lowest BCUT2D eigenvalue weighted by Crippen LogP contribution is -2.37. The molecule has 1 aliphatic rings. The average molecular weight is 379 g/mol. The second-order valence-corrected chi connectivity index (χ2v) is 9.31. The van der Waals surface area contributed by atoms with Crippen LogP contribution in [0.3, 0.4) is 0 Å². The Morgan fingerprint density at radius 3 is 1.96 bits per heavy atom. The number of allylic oxidation sites excluding steroid dienone is 2. The predicted molar refractivity (Wildman–Crippen MR) is 118 cm³/mol. The van der Waals surface area contributed by atoms with Gasteiger partial charge in [0.1, 0.15) is 0 Å². The molecular weight excluding hydrogens is 349 g/mol. The van der Waals surface area contributed by atoms with Crippen LogP contribution in [0.4, 0.5) is 0 Å². The normalized spacial score (nSPS) is 15.1. The summed E-state index contributed by atoms with van der Waals surface area (Å²) >= 11 is 0. The van der Waals surface area contributed by atoms with Crippen molar-refractivity contribution >= 4 is 18.8 Å². The standard InChI is InChI=1S/C24H30NOP/c1-20(2)17-22(25-18-21-11-9-10-12-21)19-26-27(23-13-5-3-6-14-23)24-15-7-4-8-16-24/h3-16,20-22,25H,17-19H2,1-2H3/t22-/m0/s1. The van der Waals surface area contributed by atoms with Crippen molar-refractivity contribution in [1.82, 2.24) is 5.32 Å². The van der Waals surface area contributed by atoms with E-state index in [9.17, 15) is 0 Å². The van der Waals surface area contributed by atoms with Gasteiger partial charge in [-0.1, -0.05) is 98.8 Å². The van der Waals surface area contributed by atoms with Crippen LogP contribution in [0, 0.1) is 11.8 Å². The van der Waals surface area contributed by atoms with Crippen LogP contribution in [0.2, 0.25) is 0 Å². The van der Waals surface area contributed by atoms with Gasteiger partial charge in [-0.25, -0.2) is 0 Å². The number of benzene rings is 2. The first-order chi connectivity index (χ1) is 13.2. The Labute approximate surface area is 165 Å². The van der Waals surface area contributed by atoms with E-state index in [1.54, 1.807) is 0 Å². The van der Waals surface area contributed by atoms with Crippen LogP contribution >= 0.6 is 8.15 Å². The van der Waals surface area contributed by atoms with Gasteiger partial charge in [0.05, 0.1) is 14.8 Å². The van der Waals surface area contributed by atoms with Crippen LogP contribution in [-0.4, -0.2) is 19.2 Å². The van der Waals surface area contributed by atoms with Crippen LogP contribution in [0.15, 0.2) is 85.0 Å². The van der Waals surface area contributed by atoms with Gasteiger partial charge in [-0.05, 0) is 12.3 Å². The predicted octanol–water partition coefficient (Wildman–Crippen LogP) is 4.80. The highest BCUT2D eigenvalue weighted by Gasteiger charge is 2.19. The molecule has 0 saturated carbocycles. The molecule has 0 fully saturated rings. The summed E-state index contributed by atoms with van der Waals surface area (Å²) in [7, 11) is -0.797.